The zero-order chi connectivity index (χ0) is 25.8. The molecule has 5 rings (SSSR count). The fraction of sp³-hybridized carbons (Fsp3) is 0.0385. The fourth-order valence-corrected chi connectivity index (χ4v) is 5.86. The van der Waals surface area contributed by atoms with Crippen LogP contribution in [0.3, 0.4) is 0 Å². The zero-order valence-corrected chi connectivity index (χ0v) is 22.0. The molecule has 37 heavy (non-hydrogen) atoms. The van der Waals surface area contributed by atoms with Gasteiger partial charge in [0.05, 0.1) is 11.4 Å². The van der Waals surface area contributed by atoms with E-state index >= 15 is 0 Å². The lowest BCUT2D eigenvalue weighted by molar-refractivity contribution is 0.102. The molecule has 11 heteroatoms. The highest BCUT2D eigenvalue weighted by Crippen LogP contribution is 2.31. The van der Waals surface area contributed by atoms with Gasteiger partial charge < -0.3 is 10.6 Å². The van der Waals surface area contributed by atoms with E-state index in [1.54, 1.807) is 48.8 Å². The van der Waals surface area contributed by atoms with Gasteiger partial charge in [0.25, 0.3) is 5.91 Å². The number of hydrogen-bond acceptors (Lipinski definition) is 8. The second kappa shape index (κ2) is 10.9. The minimum absolute atomic E-state index is 0.302. The van der Waals surface area contributed by atoms with Crippen molar-refractivity contribution in [3.63, 3.8) is 0 Å². The summed E-state index contributed by atoms with van der Waals surface area (Å²) in [4.78, 5) is 21.7. The summed E-state index contributed by atoms with van der Waals surface area (Å²) < 4.78 is 24.8. The molecule has 0 fully saturated rings. The Morgan fingerprint density at radius 2 is 1.84 bits per heavy atom. The number of benzene rings is 2. The van der Waals surface area contributed by atoms with Crippen LogP contribution < -0.4 is 14.9 Å². The molecule has 1 amide bonds. The number of thiazole rings is 1. The van der Waals surface area contributed by atoms with Crippen molar-refractivity contribution in [3.05, 3.63) is 101 Å². The van der Waals surface area contributed by atoms with E-state index in [0.717, 1.165) is 27.6 Å². The summed E-state index contributed by atoms with van der Waals surface area (Å²) in [5.41, 5.74) is 5.10. The molecule has 0 radical (unpaired) electrons. The average Bonchev–Trinajstić information content (AvgIpc) is 3.60. The third kappa shape index (κ3) is 5.69. The number of anilines is 5. The number of aromatic nitrogens is 2. The molecule has 0 unspecified atom stereocenters. The molecular formula is C26H21N5O3S3. The number of nitrogens with zero attached hydrogens (tertiary/aromatic N) is 3. The molecule has 0 bridgehead atoms. The third-order valence-corrected chi connectivity index (χ3v) is 7.97. The molecule has 0 spiro atoms. The summed E-state index contributed by atoms with van der Waals surface area (Å²) in [6.45, 7) is 1.97. The topological polar surface area (TPSA) is 104 Å². The van der Waals surface area contributed by atoms with Gasteiger partial charge in [-0.05, 0) is 78.5 Å². The number of carbonyl (C=O) groups is 1. The minimum Gasteiger partial charge on any atom is -0.331 e. The number of thiol groups is 1. The maximum Gasteiger partial charge on any atom is 0.255 e. The van der Waals surface area contributed by atoms with Crippen LogP contribution in [0.4, 0.5) is 27.2 Å². The summed E-state index contributed by atoms with van der Waals surface area (Å²) in [5.74, 6) is -0.302. The van der Waals surface area contributed by atoms with Crippen LogP contribution in [0.1, 0.15) is 15.9 Å². The molecule has 0 saturated carbocycles. The zero-order valence-electron chi connectivity index (χ0n) is 19.5. The molecule has 0 aliphatic rings. The van der Waals surface area contributed by atoms with Gasteiger partial charge in [-0.3, -0.25) is 9.78 Å². The van der Waals surface area contributed by atoms with Gasteiger partial charge in [0.15, 0.2) is 5.13 Å². The maximum atomic E-state index is 12.9. The van der Waals surface area contributed by atoms with E-state index in [0.29, 0.717) is 21.9 Å². The quantitative estimate of drug-likeness (QED) is 0.199. The Bertz CT molecular complexity index is 1590. The minimum atomic E-state index is -2.87. The van der Waals surface area contributed by atoms with Crippen molar-refractivity contribution in [1.82, 2.24) is 9.97 Å². The van der Waals surface area contributed by atoms with Crippen molar-refractivity contribution in [2.75, 3.05) is 14.9 Å². The summed E-state index contributed by atoms with van der Waals surface area (Å²) in [5, 5.41) is 11.3. The van der Waals surface area contributed by atoms with E-state index < -0.39 is 10.9 Å². The third-order valence-electron chi connectivity index (χ3n) is 5.45. The van der Waals surface area contributed by atoms with Crippen LogP contribution >= 0.6 is 22.7 Å². The Morgan fingerprint density at radius 1 is 1.00 bits per heavy atom. The number of aryl methyl sites for hydroxylation is 1. The first-order valence-electron chi connectivity index (χ1n) is 11.1. The summed E-state index contributed by atoms with van der Waals surface area (Å²) in [7, 11) is -2.87. The molecule has 3 aromatic heterocycles. The number of carbonyl (C=O) groups excluding carboxylic acids is 1. The number of rotatable bonds is 8. The molecule has 0 atom stereocenters. The summed E-state index contributed by atoms with van der Waals surface area (Å²) in [6, 6.07) is 19.4. The number of amides is 1. The van der Waals surface area contributed by atoms with E-state index in [2.05, 4.69) is 20.6 Å². The van der Waals surface area contributed by atoms with E-state index in [9.17, 15) is 13.2 Å². The van der Waals surface area contributed by atoms with Gasteiger partial charge in [-0.25, -0.2) is 17.7 Å². The predicted molar refractivity (Wildman–Crippen MR) is 151 cm³/mol. The highest BCUT2D eigenvalue weighted by Gasteiger charge is 2.14. The average molecular weight is 548 g/mol. The van der Waals surface area contributed by atoms with Crippen LogP contribution in [-0.4, -0.2) is 24.3 Å². The second-order valence-corrected chi connectivity index (χ2v) is 10.6. The molecule has 0 aliphatic carbocycles. The lowest BCUT2D eigenvalue weighted by Crippen LogP contribution is -2.15. The lowest BCUT2D eigenvalue weighted by atomic mass is 10.1. The van der Waals surface area contributed by atoms with E-state index in [1.807, 2.05) is 48.0 Å². The first-order chi connectivity index (χ1) is 18.0. The van der Waals surface area contributed by atoms with Gasteiger partial charge in [-0.15, -0.1) is 22.7 Å². The van der Waals surface area contributed by atoms with Crippen LogP contribution in [0.25, 0.3) is 11.3 Å². The Morgan fingerprint density at radius 3 is 2.54 bits per heavy atom. The highest BCUT2D eigenvalue weighted by atomic mass is 32.2. The standard InChI is InChI=1S/C26H21N5O3S3/c1-17-6-9-20(14-22(17)29-26-30-23(16-36-26)19-4-2-12-27-15-19)28-25(32)18-7-10-21(11-8-18)31(37(33)34)24-5-3-13-35-24/h2-16,37H,1H3,(H,28,32)(H,29,30). The summed E-state index contributed by atoms with van der Waals surface area (Å²) in [6.07, 6.45) is 3.49. The van der Waals surface area contributed by atoms with Crippen molar-refractivity contribution < 1.29 is 13.2 Å². The van der Waals surface area contributed by atoms with Crippen molar-refractivity contribution in [2.45, 2.75) is 6.92 Å². The molecule has 186 valence electrons. The normalized spacial score (nSPS) is 10.9. The molecule has 8 nitrogen and oxygen atoms in total. The monoisotopic (exact) mass is 547 g/mol. The van der Waals surface area contributed by atoms with Crippen LogP contribution in [0.2, 0.25) is 0 Å². The molecule has 0 aliphatic heterocycles. The maximum absolute atomic E-state index is 12.9. The fourth-order valence-electron chi connectivity index (χ4n) is 3.58. The van der Waals surface area contributed by atoms with Gasteiger partial charge in [-0.2, -0.15) is 0 Å². The van der Waals surface area contributed by atoms with Gasteiger partial charge in [0.1, 0.15) is 5.00 Å². The van der Waals surface area contributed by atoms with E-state index in [-0.39, 0.29) is 5.91 Å². The smallest absolute Gasteiger partial charge is 0.255 e. The Hall–Kier alpha value is -4.06. The van der Waals surface area contributed by atoms with E-state index in [1.165, 1.54) is 27.0 Å². The van der Waals surface area contributed by atoms with Crippen molar-refractivity contribution in [2.24, 2.45) is 0 Å². The summed E-state index contributed by atoms with van der Waals surface area (Å²) >= 11 is 2.81. The van der Waals surface area contributed by atoms with Crippen molar-refractivity contribution in [3.8, 4) is 11.3 Å². The lowest BCUT2D eigenvalue weighted by Gasteiger charge is -2.16. The molecule has 0 saturated heterocycles. The van der Waals surface area contributed by atoms with Gasteiger partial charge in [0.2, 0.25) is 10.9 Å². The molecule has 2 aromatic carbocycles. The van der Waals surface area contributed by atoms with E-state index in [4.69, 9.17) is 0 Å². The number of hydrogen-bond donors (Lipinski definition) is 3. The first kappa shape index (κ1) is 24.6. The van der Waals surface area contributed by atoms with Crippen LogP contribution in [0, 0.1) is 6.92 Å². The van der Waals surface area contributed by atoms with Crippen LogP contribution in [-0.2, 0) is 10.9 Å². The first-order valence-corrected chi connectivity index (χ1v) is 14.0. The molecular weight excluding hydrogens is 527 g/mol. The Kier molecular flexibility index (Phi) is 7.26. The molecule has 3 heterocycles. The van der Waals surface area contributed by atoms with Crippen LogP contribution in [0.5, 0.6) is 0 Å². The Labute approximate surface area is 223 Å². The largest absolute Gasteiger partial charge is 0.331 e. The van der Waals surface area contributed by atoms with Crippen LogP contribution in [0.15, 0.2) is 89.9 Å². The molecule has 2 N–H and O–H groups in total. The SMILES string of the molecule is Cc1ccc(NC(=O)c2ccc(N(c3cccs3)[SH](=O)=O)cc2)cc1Nc1nc(-c2cccnc2)cs1. The van der Waals surface area contributed by atoms with Gasteiger partial charge in [-0.1, -0.05) is 6.07 Å². The Balaban J connectivity index is 1.29. The number of thiophene rings is 1. The highest BCUT2D eigenvalue weighted by molar-refractivity contribution is 7.74. The second-order valence-electron chi connectivity index (χ2n) is 7.94. The number of pyridine rings is 1. The predicted octanol–water partition coefficient (Wildman–Crippen LogP) is 6.24. The molecule has 5 aromatic rings. The van der Waals surface area contributed by atoms with Gasteiger partial charge in [0, 0.05) is 40.3 Å². The number of nitrogens with one attached hydrogen (secondary N) is 2. The van der Waals surface area contributed by atoms with Crippen molar-refractivity contribution in [1.29, 1.82) is 0 Å². The van der Waals surface area contributed by atoms with Gasteiger partial charge >= 0.3 is 0 Å². The van der Waals surface area contributed by atoms with Crippen molar-refractivity contribution >= 4 is 66.7 Å².